The summed E-state index contributed by atoms with van der Waals surface area (Å²) in [6.07, 6.45) is 4.35. The smallest absolute Gasteiger partial charge is 0.230 e. The van der Waals surface area contributed by atoms with Gasteiger partial charge in [-0.1, -0.05) is 0 Å². The molecule has 0 saturated heterocycles. The van der Waals surface area contributed by atoms with Crippen LogP contribution in [0.4, 0.5) is 0 Å². The molecule has 0 amide bonds. The van der Waals surface area contributed by atoms with Gasteiger partial charge >= 0.3 is 0 Å². The molecule has 104 valence electrons. The van der Waals surface area contributed by atoms with Crippen LogP contribution in [-0.2, 0) is 6.54 Å². The Kier molecular flexibility index (Phi) is 2.39. The summed E-state index contributed by atoms with van der Waals surface area (Å²) in [4.78, 5) is 0. The van der Waals surface area contributed by atoms with Crippen molar-refractivity contribution in [3.8, 4) is 0 Å². The van der Waals surface area contributed by atoms with Crippen molar-refractivity contribution in [1.82, 2.24) is 15.5 Å². The maximum Gasteiger partial charge on any atom is 0.230 e. The van der Waals surface area contributed by atoms with Gasteiger partial charge in [0, 0.05) is 11.5 Å². The summed E-state index contributed by atoms with van der Waals surface area (Å²) in [7, 11) is 0. The maximum atomic E-state index is 5.88. The van der Waals surface area contributed by atoms with E-state index < -0.39 is 0 Å². The summed E-state index contributed by atoms with van der Waals surface area (Å²) in [5, 5.41) is 11.9. The predicted octanol–water partition coefficient (Wildman–Crippen LogP) is 2.72. The molecule has 19 heavy (non-hydrogen) atoms. The first kappa shape index (κ1) is 11.9. The molecule has 1 aromatic heterocycles. The van der Waals surface area contributed by atoms with Crippen molar-refractivity contribution in [3.05, 3.63) is 11.8 Å². The number of hydrogen-bond donors (Lipinski definition) is 1. The molecule has 3 aliphatic carbocycles. The van der Waals surface area contributed by atoms with Crippen LogP contribution in [0.1, 0.15) is 57.7 Å². The zero-order valence-electron chi connectivity index (χ0n) is 12.0. The van der Waals surface area contributed by atoms with Crippen molar-refractivity contribution in [2.24, 2.45) is 23.7 Å². The average Bonchev–Trinajstić information content (AvgIpc) is 2.75. The molecule has 4 unspecified atom stereocenters. The van der Waals surface area contributed by atoms with E-state index in [1.807, 2.05) is 0 Å². The summed E-state index contributed by atoms with van der Waals surface area (Å²) in [5.74, 6) is 5.93. The molecule has 1 N–H and O–H groups in total. The van der Waals surface area contributed by atoms with Gasteiger partial charge in [-0.15, -0.1) is 10.2 Å². The van der Waals surface area contributed by atoms with Crippen LogP contribution < -0.4 is 5.32 Å². The van der Waals surface area contributed by atoms with E-state index >= 15 is 0 Å². The van der Waals surface area contributed by atoms with E-state index in [-0.39, 0.29) is 5.54 Å². The zero-order chi connectivity index (χ0) is 13.2. The summed E-state index contributed by atoms with van der Waals surface area (Å²) in [6.45, 7) is 7.11. The van der Waals surface area contributed by atoms with Crippen LogP contribution in [-0.4, -0.2) is 15.7 Å². The number of nitrogens with one attached hydrogen (secondary N) is 1. The molecule has 4 heteroatoms. The Hall–Kier alpha value is -0.900. The van der Waals surface area contributed by atoms with E-state index in [4.69, 9.17) is 4.42 Å². The highest BCUT2D eigenvalue weighted by molar-refractivity contribution is 5.22. The Bertz CT molecular complexity index is 474. The fourth-order valence-corrected chi connectivity index (χ4v) is 4.47. The predicted molar refractivity (Wildman–Crippen MR) is 71.4 cm³/mol. The normalized spacial score (nSPS) is 39.6. The molecule has 0 aromatic carbocycles. The third-order valence-corrected chi connectivity index (χ3v) is 5.27. The van der Waals surface area contributed by atoms with E-state index in [0.717, 1.165) is 35.5 Å². The van der Waals surface area contributed by atoms with Gasteiger partial charge in [0.25, 0.3) is 0 Å². The SMILES string of the molecule is CC(C)(C)NCc1nnc(C2C3C4CCC(C4)C23)o1. The maximum absolute atomic E-state index is 5.88. The van der Waals surface area contributed by atoms with Crippen molar-refractivity contribution < 1.29 is 4.42 Å². The van der Waals surface area contributed by atoms with Crippen LogP contribution in [0.3, 0.4) is 0 Å². The lowest BCUT2D eigenvalue weighted by molar-refractivity contribution is 0.362. The van der Waals surface area contributed by atoms with E-state index in [1.165, 1.54) is 19.3 Å². The highest BCUT2D eigenvalue weighted by atomic mass is 16.4. The Morgan fingerprint density at radius 1 is 1.16 bits per heavy atom. The van der Waals surface area contributed by atoms with Crippen LogP contribution in [0.2, 0.25) is 0 Å². The van der Waals surface area contributed by atoms with Crippen LogP contribution in [0.25, 0.3) is 0 Å². The molecule has 3 fully saturated rings. The van der Waals surface area contributed by atoms with Crippen LogP contribution in [0, 0.1) is 23.7 Å². The molecule has 0 aliphatic heterocycles. The second-order valence-corrected chi connectivity index (χ2v) is 7.65. The van der Waals surface area contributed by atoms with Gasteiger partial charge in [-0.3, -0.25) is 0 Å². The minimum Gasteiger partial charge on any atom is -0.424 e. The van der Waals surface area contributed by atoms with Gasteiger partial charge in [0.05, 0.1) is 6.54 Å². The van der Waals surface area contributed by atoms with Crippen molar-refractivity contribution in [1.29, 1.82) is 0 Å². The third-order valence-electron chi connectivity index (χ3n) is 5.27. The Balaban J connectivity index is 1.43. The topological polar surface area (TPSA) is 51.0 Å². The number of aromatic nitrogens is 2. The molecule has 0 radical (unpaired) electrons. The quantitative estimate of drug-likeness (QED) is 0.909. The van der Waals surface area contributed by atoms with Crippen molar-refractivity contribution in [2.45, 2.75) is 58.0 Å². The van der Waals surface area contributed by atoms with Gasteiger partial charge in [0.15, 0.2) is 0 Å². The van der Waals surface area contributed by atoms with Gasteiger partial charge in [0.2, 0.25) is 11.8 Å². The fraction of sp³-hybridized carbons (Fsp3) is 0.867. The van der Waals surface area contributed by atoms with E-state index in [9.17, 15) is 0 Å². The highest BCUT2D eigenvalue weighted by Gasteiger charge is 2.67. The summed E-state index contributed by atoms with van der Waals surface area (Å²) < 4.78 is 5.88. The number of hydrogen-bond acceptors (Lipinski definition) is 4. The van der Waals surface area contributed by atoms with Crippen LogP contribution >= 0.6 is 0 Å². The molecule has 0 spiro atoms. The first-order valence-electron chi connectivity index (χ1n) is 7.60. The summed E-state index contributed by atoms with van der Waals surface area (Å²) >= 11 is 0. The second-order valence-electron chi connectivity index (χ2n) is 7.65. The second kappa shape index (κ2) is 3.81. The molecule has 1 aromatic rings. The zero-order valence-corrected chi connectivity index (χ0v) is 12.0. The molecular formula is C15H23N3O. The van der Waals surface area contributed by atoms with Crippen LogP contribution in [0.5, 0.6) is 0 Å². The number of nitrogens with zero attached hydrogens (tertiary/aromatic N) is 2. The lowest BCUT2D eigenvalue weighted by Crippen LogP contribution is -2.35. The minimum atomic E-state index is 0.0871. The molecule has 3 saturated carbocycles. The van der Waals surface area contributed by atoms with Crippen molar-refractivity contribution in [3.63, 3.8) is 0 Å². The number of fused-ring (bicyclic) bond motifs is 5. The molecule has 2 bridgehead atoms. The first-order valence-corrected chi connectivity index (χ1v) is 7.60. The third kappa shape index (κ3) is 1.92. The number of rotatable bonds is 3. The highest BCUT2D eigenvalue weighted by Crippen LogP contribution is 2.72. The monoisotopic (exact) mass is 261 g/mol. The molecule has 4 nitrogen and oxygen atoms in total. The Morgan fingerprint density at radius 3 is 2.47 bits per heavy atom. The van der Waals surface area contributed by atoms with E-state index in [2.05, 4.69) is 36.3 Å². The Labute approximate surface area is 114 Å². The van der Waals surface area contributed by atoms with Gasteiger partial charge in [-0.25, -0.2) is 0 Å². The van der Waals surface area contributed by atoms with Gasteiger partial charge in [-0.2, -0.15) is 0 Å². The summed E-state index contributed by atoms with van der Waals surface area (Å²) in [5.41, 5.74) is 0.0871. The van der Waals surface area contributed by atoms with Gasteiger partial charge in [-0.05, 0) is 63.7 Å². The van der Waals surface area contributed by atoms with Crippen molar-refractivity contribution in [2.75, 3.05) is 0 Å². The summed E-state index contributed by atoms with van der Waals surface area (Å²) in [6, 6.07) is 0. The molecule has 4 atom stereocenters. The van der Waals surface area contributed by atoms with Crippen molar-refractivity contribution >= 4 is 0 Å². The Morgan fingerprint density at radius 2 is 1.84 bits per heavy atom. The van der Waals surface area contributed by atoms with Gasteiger partial charge in [0.1, 0.15) is 0 Å². The largest absolute Gasteiger partial charge is 0.424 e. The standard InChI is InChI=1S/C15H23N3O/c1-15(2,3)16-7-10-17-18-14(19-10)13-11-8-4-5-9(6-8)12(11)13/h8-9,11-13,16H,4-7H2,1-3H3. The molecule has 3 aliphatic rings. The van der Waals surface area contributed by atoms with E-state index in [0.29, 0.717) is 12.5 Å². The first-order chi connectivity index (χ1) is 9.03. The average molecular weight is 261 g/mol. The van der Waals surface area contributed by atoms with Gasteiger partial charge < -0.3 is 9.73 Å². The lowest BCUT2D eigenvalue weighted by Gasteiger charge is -2.18. The minimum absolute atomic E-state index is 0.0871. The fourth-order valence-electron chi connectivity index (χ4n) is 4.47. The molecule has 1 heterocycles. The molecular weight excluding hydrogens is 238 g/mol. The van der Waals surface area contributed by atoms with Crippen LogP contribution in [0.15, 0.2) is 4.42 Å². The lowest BCUT2D eigenvalue weighted by atomic mass is 10.0. The molecule has 4 rings (SSSR count). The van der Waals surface area contributed by atoms with E-state index in [1.54, 1.807) is 0 Å².